The number of hydrogen-bond acceptors (Lipinski definition) is 42. The molecule has 129 heavy (non-hydrogen) atoms. The molecule has 8 saturated heterocycles. The van der Waals surface area contributed by atoms with Gasteiger partial charge in [0.1, 0.15) is 98.7 Å². The Bertz CT molecular complexity index is 4160. The highest BCUT2D eigenvalue weighted by atomic mass is 16.8. The molecule has 0 aromatic carbocycles. The van der Waals surface area contributed by atoms with Crippen LogP contribution in [0.15, 0.2) is 0 Å². The number of carbonyl (C=O) groups is 15. The molecule has 0 radical (unpaired) electrons. The van der Waals surface area contributed by atoms with Crippen LogP contribution in [0.2, 0.25) is 0 Å². The van der Waals surface area contributed by atoms with Crippen LogP contribution in [-0.2, 0) is 200 Å². The van der Waals surface area contributed by atoms with E-state index in [1.165, 1.54) is 6.92 Å². The van der Waals surface area contributed by atoms with Crippen molar-refractivity contribution in [3.05, 3.63) is 0 Å². The number of ketones is 1. The van der Waals surface area contributed by atoms with Crippen molar-refractivity contribution in [1.29, 1.82) is 0 Å². The van der Waals surface area contributed by atoms with Crippen molar-refractivity contribution in [3.8, 4) is 0 Å². The van der Waals surface area contributed by atoms with Crippen LogP contribution in [0.3, 0.4) is 0 Å². The summed E-state index contributed by atoms with van der Waals surface area (Å²) < 4.78 is 170. The molecule has 12 fully saturated rings. The van der Waals surface area contributed by atoms with Gasteiger partial charge in [-0.1, -0.05) is 27.7 Å². The van der Waals surface area contributed by atoms with Crippen LogP contribution >= 0.6 is 0 Å². The summed E-state index contributed by atoms with van der Waals surface area (Å²) in [5.41, 5.74) is -1.31. The summed E-state index contributed by atoms with van der Waals surface area (Å²) in [6.45, 7) is 23.0. The maximum atomic E-state index is 15.3. The number of carbonyl (C=O) groups excluding carboxylic acids is 15. The lowest BCUT2D eigenvalue weighted by molar-refractivity contribution is -0.401. The molecule has 0 N–H and O–H groups in total. The average molecular weight is 1840 g/mol. The Balaban J connectivity index is 0.964. The van der Waals surface area contributed by atoms with Crippen LogP contribution in [-0.4, -0.2) is 300 Å². The SMILES string of the molecule is CC(=O)OC[C@H]1O[C@@H](O[C@H]2[C@H](OC(C)=O)[C@@H](C(C)=O)[C@H](O[C@H]3[C@H](O[C@H]4CC[C@]5(C)[C@H]6CC[C@]7(C)[C@@H]8[C@H](C[C@H]7[C@@H]6C[C@@H]6O[C@@]65C4)O[C@]4(CC[C@@H](C)CO4)[C@H]8C)O[C@H](COC(C)=O)[C@@H](OC(C)=O)[C@@H]3O[C@H]3O[C@@H](C)[C@H](O[C@@H]4O[C@H](COC(C)=O)[C@@H](OC(C)=O)[C@H](OC(C)=O)[C@H]4OC(C)=O)[C@@H](OC(C)=O)[C@H]3OC(C)=O)O[C@@H]2COC(C)=O)[C@H](OC(C)=O)[C@@H](OC(C)=O)[C@H]1OC(C)=O. The zero-order valence-electron chi connectivity index (χ0n) is 76.2. The Labute approximate surface area is 745 Å². The molecule has 8 aliphatic heterocycles. The Kier molecular flexibility index (Phi) is 31.4. The molecule has 38 atom stereocenters. The number of ether oxygens (including phenoxy) is 27. The number of epoxide rings is 1. The third-order valence-electron chi connectivity index (χ3n) is 27.2. The van der Waals surface area contributed by atoms with Gasteiger partial charge in [-0.3, -0.25) is 71.9 Å². The van der Waals surface area contributed by atoms with Crippen molar-refractivity contribution in [2.24, 2.45) is 52.3 Å². The molecule has 2 spiro atoms. The first-order valence-electron chi connectivity index (χ1n) is 44.0. The van der Waals surface area contributed by atoms with Gasteiger partial charge in [0.2, 0.25) is 0 Å². The standard InChI is InChI=1S/C87H122O42/c1-35-21-26-87(107-30-35)36(2)64-57(128-87)28-56-54-27-62-86(129-62)29-53(22-25-85(86,20)55(54)23-24-84(56,64)19)119-81-78(127-79-63(37(3)88)70(112-46(12)96)66(58(120-79)31-103-39(5)89)125-83-77(118-52(18)102)73(115-49(15)99)68(110-44(10)94)60(123-83)33-105-41(7)91)74(69(111-45(11)95)61(121-81)34-106-42(8)92)126-80-75(116-50(16)100)71(113-47(13)97)65(38(4)108-80)124-82-76(117-51(17)101)72(114-48(14)98)67(109-43(9)93)59(122-82)32-104-40(6)90/h35-36,38,53-83H,21-34H2,1-20H3/t35-,36+,38+,53+,54-,55+,56+,57+,58-,59-,60-,61-,62+,63-,64+,65+,66-,67-,68+,69-,70-,71-,72+,73+,74+,75-,76-,77-,78-,79+,80-,81-,82+,83+,84+,85-,86+,87-/m1/s1. The van der Waals surface area contributed by atoms with E-state index >= 15 is 4.79 Å². The third kappa shape index (κ3) is 21.8. The van der Waals surface area contributed by atoms with Gasteiger partial charge in [0.25, 0.3) is 0 Å². The van der Waals surface area contributed by atoms with E-state index in [-0.39, 0.29) is 47.7 Å². The molecule has 0 amide bonds. The summed E-state index contributed by atoms with van der Waals surface area (Å²) in [7, 11) is 0. The lowest BCUT2D eigenvalue weighted by Crippen LogP contribution is -2.69. The number of hydrogen-bond donors (Lipinski definition) is 0. The first-order chi connectivity index (χ1) is 60.6. The molecule has 0 aromatic rings. The predicted molar refractivity (Wildman–Crippen MR) is 421 cm³/mol. The smallest absolute Gasteiger partial charge is 0.303 e. The van der Waals surface area contributed by atoms with Crippen molar-refractivity contribution < 1.29 is 200 Å². The fraction of sp³-hybridized carbons (Fsp3) is 0.828. The fourth-order valence-corrected chi connectivity index (χ4v) is 22.3. The van der Waals surface area contributed by atoms with Crippen LogP contribution < -0.4 is 0 Å². The van der Waals surface area contributed by atoms with Crippen molar-refractivity contribution in [2.45, 2.75) is 373 Å². The average Bonchev–Trinajstić information content (AvgIpc) is 1.49. The van der Waals surface area contributed by atoms with Crippen LogP contribution in [0.5, 0.6) is 0 Å². The minimum absolute atomic E-state index is 0.0109. The van der Waals surface area contributed by atoms with Gasteiger partial charge in [-0.2, -0.15) is 0 Å². The number of fused-ring (bicyclic) bond motifs is 6. The molecule has 722 valence electrons. The van der Waals surface area contributed by atoms with Gasteiger partial charge in [0, 0.05) is 121 Å². The van der Waals surface area contributed by atoms with Crippen molar-refractivity contribution in [1.82, 2.24) is 0 Å². The molecule has 12 aliphatic rings. The second-order valence-electron chi connectivity index (χ2n) is 36.4. The third-order valence-corrected chi connectivity index (χ3v) is 27.2. The van der Waals surface area contributed by atoms with E-state index in [0.29, 0.717) is 31.3 Å². The highest BCUT2D eigenvalue weighted by Gasteiger charge is 2.79. The van der Waals surface area contributed by atoms with Crippen LogP contribution in [0.4, 0.5) is 0 Å². The summed E-state index contributed by atoms with van der Waals surface area (Å²) in [5, 5.41) is 0. The van der Waals surface area contributed by atoms with Crippen LogP contribution in [0.25, 0.3) is 0 Å². The van der Waals surface area contributed by atoms with E-state index in [1.807, 2.05) is 0 Å². The van der Waals surface area contributed by atoms with Gasteiger partial charge in [-0.25, -0.2) is 0 Å². The summed E-state index contributed by atoms with van der Waals surface area (Å²) in [6, 6.07) is 0. The van der Waals surface area contributed by atoms with E-state index in [4.69, 9.17) is 128 Å². The number of Topliss-reactive ketones (excluding diaryl/α,β-unsaturated/α-hetero) is 1. The topological polar surface area (TPSA) is 509 Å². The fourth-order valence-electron chi connectivity index (χ4n) is 22.3. The lowest BCUT2D eigenvalue weighted by atomic mass is 9.44. The Morgan fingerprint density at radius 2 is 0.721 bits per heavy atom. The van der Waals surface area contributed by atoms with E-state index in [9.17, 15) is 67.1 Å². The minimum atomic E-state index is -2.22. The normalized spacial score (nSPS) is 42.3. The molecule has 12 rings (SSSR count). The van der Waals surface area contributed by atoms with Crippen LogP contribution in [0, 0.1) is 52.3 Å². The molecular formula is C87H122O42. The highest BCUT2D eigenvalue weighted by molar-refractivity contribution is 5.80. The second kappa shape index (κ2) is 40.7. The zero-order chi connectivity index (χ0) is 94.3. The van der Waals surface area contributed by atoms with Crippen LogP contribution in [0.1, 0.15) is 196 Å². The van der Waals surface area contributed by atoms with Crippen molar-refractivity contribution >= 4 is 89.4 Å². The maximum Gasteiger partial charge on any atom is 0.303 e. The highest BCUT2D eigenvalue weighted by Crippen LogP contribution is 2.76. The molecule has 42 nitrogen and oxygen atoms in total. The van der Waals surface area contributed by atoms with E-state index in [2.05, 4.69) is 27.7 Å². The molecule has 4 saturated carbocycles. The Morgan fingerprint density at radius 1 is 0.341 bits per heavy atom. The molecular weight excluding hydrogens is 1720 g/mol. The first-order valence-corrected chi connectivity index (χ1v) is 44.0. The van der Waals surface area contributed by atoms with Gasteiger partial charge in [0.05, 0.1) is 31.0 Å². The van der Waals surface area contributed by atoms with Gasteiger partial charge in [-0.05, 0) is 93.8 Å². The number of esters is 14. The van der Waals surface area contributed by atoms with E-state index < -0.39 is 292 Å². The quantitative estimate of drug-likeness (QED) is 0.0443. The largest absolute Gasteiger partial charge is 0.463 e. The Morgan fingerprint density at radius 3 is 1.16 bits per heavy atom. The molecule has 8 heterocycles. The van der Waals surface area contributed by atoms with E-state index in [1.54, 1.807) is 0 Å². The number of rotatable bonds is 29. The lowest BCUT2D eigenvalue weighted by Gasteiger charge is -2.60. The Hall–Kier alpha value is -8.27. The molecule has 0 aromatic heterocycles. The van der Waals surface area contributed by atoms with Gasteiger partial charge in [0.15, 0.2) is 92.2 Å². The van der Waals surface area contributed by atoms with Gasteiger partial charge in [-0.15, -0.1) is 0 Å². The monoisotopic (exact) mass is 1840 g/mol. The summed E-state index contributed by atoms with van der Waals surface area (Å²) in [5.74, 6) is -16.1. The molecule has 42 heteroatoms. The van der Waals surface area contributed by atoms with Crippen molar-refractivity contribution in [3.63, 3.8) is 0 Å². The maximum absolute atomic E-state index is 15.3. The molecule has 0 unspecified atom stereocenters. The van der Waals surface area contributed by atoms with Gasteiger partial charge >= 0.3 is 83.6 Å². The predicted octanol–water partition coefficient (Wildman–Crippen LogP) is 3.91. The van der Waals surface area contributed by atoms with Gasteiger partial charge < -0.3 is 128 Å². The molecule has 4 aliphatic carbocycles. The summed E-state index contributed by atoms with van der Waals surface area (Å²) >= 11 is 0. The summed E-state index contributed by atoms with van der Waals surface area (Å²) in [4.78, 5) is 201. The second-order valence-corrected chi connectivity index (χ2v) is 36.4. The van der Waals surface area contributed by atoms with Crippen molar-refractivity contribution in [2.75, 3.05) is 33.0 Å². The minimum Gasteiger partial charge on any atom is -0.463 e. The zero-order valence-corrected chi connectivity index (χ0v) is 76.2. The first kappa shape index (κ1) is 99.7. The summed E-state index contributed by atoms with van der Waals surface area (Å²) in [6.07, 6.45) is -40.9. The molecule has 0 bridgehead atoms. The van der Waals surface area contributed by atoms with E-state index in [0.717, 1.165) is 142 Å².